The Morgan fingerprint density at radius 1 is 1.71 bits per heavy atom. The summed E-state index contributed by atoms with van der Waals surface area (Å²) in [5, 5.41) is 2.83. The first-order valence-electron chi connectivity index (χ1n) is 5.25. The van der Waals surface area contributed by atoms with Crippen molar-refractivity contribution in [2.75, 3.05) is 13.2 Å². The van der Waals surface area contributed by atoms with Gasteiger partial charge in [-0.15, -0.1) is 0 Å². The second-order valence-electron chi connectivity index (χ2n) is 4.12. The number of nitrogens with one attached hydrogen (secondary N) is 1. The lowest BCUT2D eigenvalue weighted by atomic mass is 9.99. The van der Waals surface area contributed by atoms with Crippen molar-refractivity contribution in [1.29, 1.82) is 0 Å². The summed E-state index contributed by atoms with van der Waals surface area (Å²) in [6, 6.07) is 0. The molecule has 1 aliphatic rings. The maximum absolute atomic E-state index is 11.6. The van der Waals surface area contributed by atoms with E-state index >= 15 is 0 Å². The van der Waals surface area contributed by atoms with Crippen molar-refractivity contribution in [3.8, 4) is 0 Å². The van der Waals surface area contributed by atoms with E-state index in [2.05, 4.69) is 5.32 Å². The first-order chi connectivity index (χ1) is 6.56. The van der Waals surface area contributed by atoms with Gasteiger partial charge in [0.1, 0.15) is 0 Å². The van der Waals surface area contributed by atoms with Crippen LogP contribution in [0.15, 0.2) is 0 Å². The average molecular weight is 200 g/mol. The highest BCUT2D eigenvalue weighted by molar-refractivity contribution is 5.85. The maximum atomic E-state index is 11.6. The van der Waals surface area contributed by atoms with Crippen LogP contribution in [-0.4, -0.2) is 30.7 Å². The molecular weight excluding hydrogens is 180 g/mol. The number of hydrogen-bond acceptors (Lipinski definition) is 3. The monoisotopic (exact) mass is 200 g/mol. The first kappa shape index (κ1) is 11.5. The first-order valence-corrected chi connectivity index (χ1v) is 5.25. The van der Waals surface area contributed by atoms with Crippen LogP contribution >= 0.6 is 0 Å². The Labute approximate surface area is 85.2 Å². The topological polar surface area (TPSA) is 64.4 Å². The van der Waals surface area contributed by atoms with Crippen LogP contribution in [0.25, 0.3) is 0 Å². The van der Waals surface area contributed by atoms with E-state index in [1.54, 1.807) is 6.92 Å². The molecule has 0 aliphatic carbocycles. The van der Waals surface area contributed by atoms with Crippen molar-refractivity contribution >= 4 is 5.91 Å². The third-order valence-corrected chi connectivity index (χ3v) is 2.77. The highest BCUT2D eigenvalue weighted by Crippen LogP contribution is 2.11. The molecular formula is C10H20N2O2. The minimum Gasteiger partial charge on any atom is -0.376 e. The largest absolute Gasteiger partial charge is 0.376 e. The number of nitrogens with two attached hydrogens (primary N) is 1. The van der Waals surface area contributed by atoms with Crippen LogP contribution in [0.2, 0.25) is 0 Å². The van der Waals surface area contributed by atoms with Gasteiger partial charge in [-0.2, -0.15) is 0 Å². The van der Waals surface area contributed by atoms with Gasteiger partial charge >= 0.3 is 0 Å². The van der Waals surface area contributed by atoms with E-state index < -0.39 is 5.54 Å². The van der Waals surface area contributed by atoms with Gasteiger partial charge in [0, 0.05) is 13.2 Å². The smallest absolute Gasteiger partial charge is 0.239 e. The number of rotatable bonds is 4. The molecule has 0 aromatic heterocycles. The van der Waals surface area contributed by atoms with Crippen LogP contribution in [0.1, 0.15) is 33.1 Å². The van der Waals surface area contributed by atoms with Gasteiger partial charge in [0.05, 0.1) is 11.6 Å². The molecule has 4 nitrogen and oxygen atoms in total. The SMILES string of the molecule is CCC(C)(N)C(=O)NCC1CCCO1. The molecule has 0 bridgehead atoms. The van der Waals surface area contributed by atoms with E-state index in [4.69, 9.17) is 10.5 Å². The molecule has 0 aromatic rings. The predicted molar refractivity (Wildman–Crippen MR) is 54.9 cm³/mol. The molecule has 0 saturated carbocycles. The minimum atomic E-state index is -0.751. The molecule has 0 spiro atoms. The number of carbonyl (C=O) groups is 1. The number of amides is 1. The molecule has 2 atom stereocenters. The number of hydrogen-bond donors (Lipinski definition) is 2. The van der Waals surface area contributed by atoms with Crippen LogP contribution in [0.5, 0.6) is 0 Å². The van der Waals surface area contributed by atoms with E-state index in [0.29, 0.717) is 13.0 Å². The third-order valence-electron chi connectivity index (χ3n) is 2.77. The van der Waals surface area contributed by atoms with Crippen molar-refractivity contribution in [1.82, 2.24) is 5.32 Å². The fraction of sp³-hybridized carbons (Fsp3) is 0.900. The lowest BCUT2D eigenvalue weighted by molar-refractivity contribution is -0.126. The fourth-order valence-corrected chi connectivity index (χ4v) is 1.37. The van der Waals surface area contributed by atoms with Gasteiger partial charge < -0.3 is 15.8 Å². The third kappa shape index (κ3) is 2.96. The summed E-state index contributed by atoms with van der Waals surface area (Å²) in [5.74, 6) is -0.0875. The highest BCUT2D eigenvalue weighted by atomic mass is 16.5. The van der Waals surface area contributed by atoms with Gasteiger partial charge in [-0.1, -0.05) is 6.92 Å². The lowest BCUT2D eigenvalue weighted by Gasteiger charge is -2.22. The Kier molecular flexibility index (Phi) is 3.89. The van der Waals surface area contributed by atoms with E-state index in [1.807, 2.05) is 6.92 Å². The van der Waals surface area contributed by atoms with Crippen molar-refractivity contribution in [3.05, 3.63) is 0 Å². The predicted octanol–water partition coefficient (Wildman–Crippen LogP) is 0.409. The van der Waals surface area contributed by atoms with Gasteiger partial charge in [-0.25, -0.2) is 0 Å². The Balaban J connectivity index is 2.26. The van der Waals surface area contributed by atoms with Gasteiger partial charge in [-0.05, 0) is 26.2 Å². The van der Waals surface area contributed by atoms with Crippen LogP contribution in [0, 0.1) is 0 Å². The molecule has 1 rings (SSSR count). The summed E-state index contributed by atoms with van der Waals surface area (Å²) < 4.78 is 5.39. The molecule has 14 heavy (non-hydrogen) atoms. The van der Waals surface area contributed by atoms with Crippen LogP contribution in [-0.2, 0) is 9.53 Å². The van der Waals surface area contributed by atoms with Gasteiger partial charge in [-0.3, -0.25) is 4.79 Å². The highest BCUT2D eigenvalue weighted by Gasteiger charge is 2.26. The lowest BCUT2D eigenvalue weighted by Crippen LogP contribution is -2.52. The van der Waals surface area contributed by atoms with Gasteiger partial charge in [0.15, 0.2) is 0 Å². The zero-order valence-electron chi connectivity index (χ0n) is 9.01. The zero-order valence-corrected chi connectivity index (χ0v) is 9.01. The summed E-state index contributed by atoms with van der Waals surface area (Å²) in [6.45, 7) is 5.06. The van der Waals surface area contributed by atoms with E-state index in [-0.39, 0.29) is 12.0 Å². The quantitative estimate of drug-likeness (QED) is 0.691. The van der Waals surface area contributed by atoms with E-state index in [1.165, 1.54) is 0 Å². The standard InChI is InChI=1S/C10H20N2O2/c1-3-10(2,11)9(13)12-7-8-5-4-6-14-8/h8H,3-7,11H2,1-2H3,(H,12,13). The average Bonchev–Trinajstić information content (AvgIpc) is 2.66. The molecule has 1 heterocycles. The minimum absolute atomic E-state index is 0.0875. The van der Waals surface area contributed by atoms with E-state index in [0.717, 1.165) is 19.4 Å². The molecule has 3 N–H and O–H groups in total. The molecule has 0 aromatic carbocycles. The summed E-state index contributed by atoms with van der Waals surface area (Å²) in [5.41, 5.74) is 5.04. The number of carbonyl (C=O) groups excluding carboxylic acids is 1. The Morgan fingerprint density at radius 2 is 2.43 bits per heavy atom. The molecule has 4 heteroatoms. The Hall–Kier alpha value is -0.610. The molecule has 1 fully saturated rings. The molecule has 1 saturated heterocycles. The second-order valence-corrected chi connectivity index (χ2v) is 4.12. The second kappa shape index (κ2) is 4.75. The van der Waals surface area contributed by atoms with Crippen molar-refractivity contribution in [2.24, 2.45) is 5.73 Å². The molecule has 1 amide bonds. The summed E-state index contributed by atoms with van der Waals surface area (Å²) >= 11 is 0. The van der Waals surface area contributed by atoms with Crippen LogP contribution in [0.3, 0.4) is 0 Å². The van der Waals surface area contributed by atoms with Crippen LogP contribution in [0.4, 0.5) is 0 Å². The van der Waals surface area contributed by atoms with Gasteiger partial charge in [0.2, 0.25) is 5.91 Å². The maximum Gasteiger partial charge on any atom is 0.239 e. The van der Waals surface area contributed by atoms with Crippen LogP contribution < -0.4 is 11.1 Å². The summed E-state index contributed by atoms with van der Waals surface area (Å²) in [4.78, 5) is 11.6. The van der Waals surface area contributed by atoms with Gasteiger partial charge in [0.25, 0.3) is 0 Å². The Morgan fingerprint density at radius 3 is 2.93 bits per heavy atom. The molecule has 0 radical (unpaired) electrons. The molecule has 82 valence electrons. The fourth-order valence-electron chi connectivity index (χ4n) is 1.37. The number of ether oxygens (including phenoxy) is 1. The van der Waals surface area contributed by atoms with Crippen molar-refractivity contribution < 1.29 is 9.53 Å². The normalized spacial score (nSPS) is 25.8. The van der Waals surface area contributed by atoms with Crippen molar-refractivity contribution in [2.45, 2.75) is 44.8 Å². The summed E-state index contributed by atoms with van der Waals surface area (Å²) in [6.07, 6.45) is 2.96. The van der Waals surface area contributed by atoms with Crippen molar-refractivity contribution in [3.63, 3.8) is 0 Å². The molecule has 2 unspecified atom stereocenters. The molecule has 1 aliphatic heterocycles. The summed E-state index contributed by atoms with van der Waals surface area (Å²) in [7, 11) is 0. The Bertz CT molecular complexity index is 198. The van der Waals surface area contributed by atoms with E-state index in [9.17, 15) is 4.79 Å². The zero-order chi connectivity index (χ0) is 10.6.